The van der Waals surface area contributed by atoms with Crippen LogP contribution in [-0.4, -0.2) is 60.1 Å². The third-order valence-corrected chi connectivity index (χ3v) is 3.04. The molecule has 2 saturated heterocycles. The lowest BCUT2D eigenvalue weighted by Crippen LogP contribution is -2.51. The second-order valence-electron chi connectivity index (χ2n) is 4.91. The summed E-state index contributed by atoms with van der Waals surface area (Å²) >= 11 is 0. The van der Waals surface area contributed by atoms with Crippen molar-refractivity contribution in [2.75, 3.05) is 13.7 Å². The first-order valence-electron chi connectivity index (χ1n) is 5.87. The van der Waals surface area contributed by atoms with Crippen LogP contribution in [0.1, 0.15) is 13.8 Å². The first-order valence-corrected chi connectivity index (χ1v) is 5.87. The number of urea groups is 1. The standard InChI is InChI=1S/C10H17N3O6/c1-10(2)18-7-6(11-9(15)13(3)12-16)5(4-14)17-8(7)19-10/h5-8,14H,4H2,1-3H3,(H,11,15)/t5-,6+,7-,8+/m0/s1. The van der Waals surface area contributed by atoms with Crippen LogP contribution in [0.4, 0.5) is 4.79 Å². The summed E-state index contributed by atoms with van der Waals surface area (Å²) in [7, 11) is 1.22. The predicted octanol–water partition coefficient (Wildman–Crippen LogP) is -0.454. The van der Waals surface area contributed by atoms with Gasteiger partial charge in [-0.15, -0.1) is 4.91 Å². The van der Waals surface area contributed by atoms with Crippen molar-refractivity contribution in [1.29, 1.82) is 0 Å². The van der Waals surface area contributed by atoms with E-state index in [-0.39, 0.29) is 6.61 Å². The van der Waals surface area contributed by atoms with E-state index in [1.165, 1.54) is 7.05 Å². The van der Waals surface area contributed by atoms with E-state index in [1.54, 1.807) is 13.8 Å². The summed E-state index contributed by atoms with van der Waals surface area (Å²) in [6.45, 7) is 3.14. The van der Waals surface area contributed by atoms with Crippen LogP contribution in [0, 0.1) is 4.91 Å². The number of ether oxygens (including phenoxy) is 3. The van der Waals surface area contributed by atoms with Crippen LogP contribution in [0.3, 0.4) is 0 Å². The highest BCUT2D eigenvalue weighted by molar-refractivity contribution is 5.74. The fraction of sp³-hybridized carbons (Fsp3) is 0.900. The minimum absolute atomic E-state index is 0.302. The molecule has 0 aromatic heterocycles. The van der Waals surface area contributed by atoms with Gasteiger partial charge in [0.05, 0.1) is 17.9 Å². The Morgan fingerprint density at radius 3 is 2.74 bits per heavy atom. The first kappa shape index (κ1) is 14.1. The maximum absolute atomic E-state index is 11.6. The number of aliphatic hydroxyl groups excluding tert-OH is 1. The topological polar surface area (TPSA) is 110 Å². The van der Waals surface area contributed by atoms with Gasteiger partial charge in [0.1, 0.15) is 12.2 Å². The highest BCUT2D eigenvalue weighted by Crippen LogP contribution is 2.37. The molecule has 0 aromatic rings. The Hall–Kier alpha value is -1.29. The first-order chi connectivity index (χ1) is 8.88. The summed E-state index contributed by atoms with van der Waals surface area (Å²) in [5, 5.41) is 14.9. The number of fused-ring (bicyclic) bond motifs is 1. The molecule has 0 aliphatic carbocycles. The van der Waals surface area contributed by atoms with E-state index in [1.807, 2.05) is 0 Å². The molecule has 2 heterocycles. The van der Waals surface area contributed by atoms with Gasteiger partial charge >= 0.3 is 6.03 Å². The third-order valence-electron chi connectivity index (χ3n) is 3.04. The summed E-state index contributed by atoms with van der Waals surface area (Å²) in [6, 6.07) is -1.32. The van der Waals surface area contributed by atoms with Gasteiger partial charge in [-0.2, -0.15) is 5.01 Å². The molecule has 0 unspecified atom stereocenters. The Balaban J connectivity index is 2.08. The molecule has 0 aromatic carbocycles. The van der Waals surface area contributed by atoms with Crippen molar-refractivity contribution in [2.45, 2.75) is 44.2 Å². The quantitative estimate of drug-likeness (QED) is 0.533. The molecule has 0 spiro atoms. The molecule has 108 valence electrons. The Kier molecular flexibility index (Phi) is 3.72. The lowest BCUT2D eigenvalue weighted by Gasteiger charge is -2.25. The molecule has 19 heavy (non-hydrogen) atoms. The van der Waals surface area contributed by atoms with Gasteiger partial charge < -0.3 is 24.6 Å². The number of hydrogen-bond donors (Lipinski definition) is 2. The molecule has 2 aliphatic heterocycles. The van der Waals surface area contributed by atoms with Crippen LogP contribution in [0.5, 0.6) is 0 Å². The van der Waals surface area contributed by atoms with Crippen molar-refractivity contribution in [2.24, 2.45) is 5.29 Å². The number of nitroso groups, excluding NO2 is 1. The normalized spacial score (nSPS) is 35.8. The maximum Gasteiger partial charge on any atom is 0.340 e. The summed E-state index contributed by atoms with van der Waals surface area (Å²) < 4.78 is 16.6. The van der Waals surface area contributed by atoms with Crippen molar-refractivity contribution in [3.8, 4) is 0 Å². The van der Waals surface area contributed by atoms with Crippen LogP contribution in [-0.2, 0) is 14.2 Å². The van der Waals surface area contributed by atoms with E-state index in [0.29, 0.717) is 5.01 Å². The van der Waals surface area contributed by atoms with Gasteiger partial charge in [0.15, 0.2) is 12.1 Å². The van der Waals surface area contributed by atoms with Crippen LogP contribution in [0.2, 0.25) is 0 Å². The molecular weight excluding hydrogens is 258 g/mol. The molecular formula is C10H17N3O6. The Labute approximate surface area is 109 Å². The number of aliphatic hydroxyl groups is 1. The molecule has 2 rings (SSSR count). The van der Waals surface area contributed by atoms with E-state index in [4.69, 9.17) is 14.2 Å². The van der Waals surface area contributed by atoms with Gasteiger partial charge in [0, 0.05) is 7.05 Å². The lowest BCUT2D eigenvalue weighted by atomic mass is 10.1. The minimum atomic E-state index is -0.826. The van der Waals surface area contributed by atoms with E-state index in [9.17, 15) is 14.8 Å². The zero-order valence-electron chi connectivity index (χ0n) is 10.9. The third kappa shape index (κ3) is 2.68. The lowest BCUT2D eigenvalue weighted by molar-refractivity contribution is -0.210. The van der Waals surface area contributed by atoms with Crippen molar-refractivity contribution in [3.63, 3.8) is 0 Å². The number of nitrogens with zero attached hydrogens (tertiary/aromatic N) is 2. The summed E-state index contributed by atoms with van der Waals surface area (Å²) in [5.74, 6) is -0.826. The average Bonchev–Trinajstić information content (AvgIpc) is 2.81. The Morgan fingerprint density at radius 2 is 2.16 bits per heavy atom. The highest BCUT2D eigenvalue weighted by atomic mass is 16.8. The smallest absolute Gasteiger partial charge is 0.340 e. The number of rotatable bonds is 3. The number of nitrogens with one attached hydrogen (secondary N) is 1. The van der Waals surface area contributed by atoms with Crippen LogP contribution in [0.25, 0.3) is 0 Å². The number of carbonyl (C=O) groups excluding carboxylic acids is 1. The molecule has 4 atom stereocenters. The predicted molar refractivity (Wildman–Crippen MR) is 61.7 cm³/mol. The van der Waals surface area contributed by atoms with Crippen LogP contribution in [0.15, 0.2) is 5.29 Å². The summed E-state index contributed by atoms with van der Waals surface area (Å²) in [5.41, 5.74) is 0. The number of hydrogen-bond acceptors (Lipinski definition) is 7. The van der Waals surface area contributed by atoms with Gasteiger partial charge in [0.25, 0.3) is 0 Å². The van der Waals surface area contributed by atoms with E-state index in [2.05, 4.69) is 10.6 Å². The van der Waals surface area contributed by atoms with Crippen LogP contribution >= 0.6 is 0 Å². The molecule has 2 amide bonds. The molecule has 2 fully saturated rings. The largest absolute Gasteiger partial charge is 0.394 e. The van der Waals surface area contributed by atoms with Crippen LogP contribution < -0.4 is 5.32 Å². The Morgan fingerprint density at radius 1 is 1.47 bits per heavy atom. The number of carbonyl (C=O) groups is 1. The van der Waals surface area contributed by atoms with Crippen molar-refractivity contribution in [3.05, 3.63) is 4.91 Å². The molecule has 0 radical (unpaired) electrons. The molecule has 2 aliphatic rings. The zero-order chi connectivity index (χ0) is 14.2. The van der Waals surface area contributed by atoms with Gasteiger partial charge in [0.2, 0.25) is 0 Å². The molecule has 9 heteroatoms. The maximum atomic E-state index is 11.6. The highest BCUT2D eigenvalue weighted by Gasteiger charge is 2.55. The van der Waals surface area contributed by atoms with Crippen molar-refractivity contribution < 1.29 is 24.1 Å². The molecule has 0 bridgehead atoms. The van der Waals surface area contributed by atoms with E-state index >= 15 is 0 Å². The minimum Gasteiger partial charge on any atom is -0.394 e. The molecule has 2 N–H and O–H groups in total. The molecule has 9 nitrogen and oxygen atoms in total. The second kappa shape index (κ2) is 5.00. The van der Waals surface area contributed by atoms with Gasteiger partial charge in [-0.05, 0) is 13.8 Å². The zero-order valence-corrected chi connectivity index (χ0v) is 10.9. The molecule has 0 saturated carbocycles. The van der Waals surface area contributed by atoms with E-state index < -0.39 is 36.4 Å². The Bertz CT molecular complexity index is 376. The monoisotopic (exact) mass is 275 g/mol. The SMILES string of the molecule is CN(N=O)C(=O)N[C@H]1[C@@H]2OC(C)(C)O[C@H]2O[C@H]1CO. The van der Waals surface area contributed by atoms with Gasteiger partial charge in [-0.1, -0.05) is 0 Å². The fourth-order valence-electron chi connectivity index (χ4n) is 2.18. The van der Waals surface area contributed by atoms with Crippen molar-refractivity contribution in [1.82, 2.24) is 10.3 Å². The summed E-state index contributed by atoms with van der Waals surface area (Å²) in [6.07, 6.45) is -1.86. The van der Waals surface area contributed by atoms with Gasteiger partial charge in [-0.3, -0.25) is 0 Å². The van der Waals surface area contributed by atoms with Crippen molar-refractivity contribution >= 4 is 6.03 Å². The number of amides is 2. The second-order valence-corrected chi connectivity index (χ2v) is 4.91. The fourth-order valence-corrected chi connectivity index (χ4v) is 2.18. The van der Waals surface area contributed by atoms with E-state index in [0.717, 1.165) is 0 Å². The summed E-state index contributed by atoms with van der Waals surface area (Å²) in [4.78, 5) is 21.9. The van der Waals surface area contributed by atoms with Gasteiger partial charge in [-0.25, -0.2) is 4.79 Å². The average molecular weight is 275 g/mol.